The largest absolute Gasteiger partial charge is 0.507 e. The predicted molar refractivity (Wildman–Crippen MR) is 93.3 cm³/mol. The van der Waals surface area contributed by atoms with Crippen LogP contribution in [-0.4, -0.2) is 34.1 Å². The molecular weight excluding hydrogens is 376 g/mol. The normalized spacial score (nSPS) is 10.3. The van der Waals surface area contributed by atoms with E-state index in [1.807, 2.05) is 13.8 Å². The van der Waals surface area contributed by atoms with E-state index >= 15 is 0 Å². The molecule has 0 heterocycles. The summed E-state index contributed by atoms with van der Waals surface area (Å²) in [6, 6.07) is 4.67. The summed E-state index contributed by atoms with van der Waals surface area (Å²) in [6.07, 6.45) is 0.105. The molecule has 1 aromatic carbocycles. The van der Waals surface area contributed by atoms with Gasteiger partial charge in [-0.25, -0.2) is 4.89 Å². The topological polar surface area (TPSA) is 91.5 Å². The molecule has 0 saturated heterocycles. The third-order valence-electron chi connectivity index (χ3n) is 2.57. The van der Waals surface area contributed by atoms with E-state index in [1.54, 1.807) is 12.1 Å². The first-order valence-electron chi connectivity index (χ1n) is 6.79. The zero-order valence-electron chi connectivity index (χ0n) is 13.1. The molecule has 2 N–H and O–H groups in total. The van der Waals surface area contributed by atoms with Crippen LogP contribution in [0.5, 0.6) is 5.75 Å². The van der Waals surface area contributed by atoms with Crippen molar-refractivity contribution in [3.05, 3.63) is 51.5 Å². The standard InChI is InChI=1S/C17H15BrN2O4/c1-12(2)6-9-19-7-3-8-20-17(22)16(24-23)11-13-4-5-15(21)14(18)10-13/h4-5,7,10,16,21,23H,11H2,1-2H3/t16-/m1/s1. The van der Waals surface area contributed by atoms with E-state index in [0.717, 1.165) is 5.57 Å². The lowest BCUT2D eigenvalue weighted by atomic mass is 10.1. The molecule has 0 aromatic heterocycles. The SMILES string of the molecule is CC(C)=C=C=NC=C=C=NC(=O)[C@@H](Cc1ccc(O)c(Br)c1)OO. The first-order valence-corrected chi connectivity index (χ1v) is 7.58. The number of allylic oxidation sites excluding steroid dienone is 1. The minimum Gasteiger partial charge on any atom is -0.507 e. The molecule has 124 valence electrons. The lowest BCUT2D eigenvalue weighted by Crippen LogP contribution is -2.24. The van der Waals surface area contributed by atoms with Crippen molar-refractivity contribution < 1.29 is 20.0 Å². The molecule has 6 nitrogen and oxygen atoms in total. The van der Waals surface area contributed by atoms with Gasteiger partial charge in [0.1, 0.15) is 5.75 Å². The number of aromatic hydroxyl groups is 1. The molecule has 0 spiro atoms. The van der Waals surface area contributed by atoms with Crippen LogP contribution in [-0.2, 0) is 16.1 Å². The maximum atomic E-state index is 11.8. The summed E-state index contributed by atoms with van der Waals surface area (Å²) in [5, 5.41) is 18.3. The van der Waals surface area contributed by atoms with Crippen molar-refractivity contribution in [2.45, 2.75) is 26.4 Å². The second-order valence-corrected chi connectivity index (χ2v) is 5.64. The van der Waals surface area contributed by atoms with Gasteiger partial charge < -0.3 is 5.11 Å². The number of amides is 1. The second kappa shape index (κ2) is 10.3. The van der Waals surface area contributed by atoms with E-state index in [9.17, 15) is 9.90 Å². The Hall–Kier alpha value is -2.45. The minimum atomic E-state index is -1.19. The van der Waals surface area contributed by atoms with Crippen molar-refractivity contribution in [2.24, 2.45) is 9.98 Å². The number of halogens is 1. The maximum absolute atomic E-state index is 11.8. The van der Waals surface area contributed by atoms with Crippen LogP contribution in [0.2, 0.25) is 0 Å². The molecule has 0 radical (unpaired) electrons. The summed E-state index contributed by atoms with van der Waals surface area (Å²) in [4.78, 5) is 23.1. The monoisotopic (exact) mass is 390 g/mol. The number of phenolic OH excluding ortho intramolecular Hbond substituents is 1. The molecule has 0 aliphatic carbocycles. The molecule has 1 atom stereocenters. The van der Waals surface area contributed by atoms with Crippen LogP contribution in [0.1, 0.15) is 19.4 Å². The first-order chi connectivity index (χ1) is 11.4. The van der Waals surface area contributed by atoms with Crippen LogP contribution in [0.4, 0.5) is 0 Å². The average Bonchev–Trinajstić information content (AvgIpc) is 2.54. The second-order valence-electron chi connectivity index (χ2n) is 4.79. The fourth-order valence-corrected chi connectivity index (χ4v) is 1.88. The lowest BCUT2D eigenvalue weighted by Gasteiger charge is -2.09. The van der Waals surface area contributed by atoms with E-state index < -0.39 is 12.0 Å². The van der Waals surface area contributed by atoms with Crippen molar-refractivity contribution in [2.75, 3.05) is 0 Å². The van der Waals surface area contributed by atoms with E-state index in [1.165, 1.54) is 12.3 Å². The van der Waals surface area contributed by atoms with Crippen LogP contribution in [0.3, 0.4) is 0 Å². The number of hydrogen-bond acceptors (Lipinski definition) is 5. The highest BCUT2D eigenvalue weighted by Crippen LogP contribution is 2.25. The van der Waals surface area contributed by atoms with Gasteiger partial charge >= 0.3 is 0 Å². The third-order valence-corrected chi connectivity index (χ3v) is 3.20. The van der Waals surface area contributed by atoms with Crippen molar-refractivity contribution >= 4 is 33.6 Å². The third kappa shape index (κ3) is 7.21. The molecular formula is C17H15BrN2O4. The Bertz CT molecular complexity index is 802. The van der Waals surface area contributed by atoms with E-state index in [4.69, 9.17) is 5.26 Å². The first kappa shape index (κ1) is 19.6. The average molecular weight is 391 g/mol. The summed E-state index contributed by atoms with van der Waals surface area (Å²) in [7, 11) is 0. The fraction of sp³-hybridized carbons (Fsp3) is 0.235. The molecule has 0 saturated carbocycles. The molecule has 24 heavy (non-hydrogen) atoms. The highest BCUT2D eigenvalue weighted by molar-refractivity contribution is 9.10. The molecule has 0 unspecified atom stereocenters. The summed E-state index contributed by atoms with van der Waals surface area (Å²) in [5.74, 6) is 4.11. The van der Waals surface area contributed by atoms with Crippen molar-refractivity contribution in [1.82, 2.24) is 0 Å². The number of carbonyl (C=O) groups excluding carboxylic acids is 1. The van der Waals surface area contributed by atoms with Gasteiger partial charge in [0.2, 0.25) is 0 Å². The summed E-state index contributed by atoms with van der Waals surface area (Å²) in [6.45, 7) is 3.70. The van der Waals surface area contributed by atoms with E-state index in [0.29, 0.717) is 10.0 Å². The molecule has 0 fully saturated rings. The Kier molecular flexibility index (Phi) is 8.45. The summed E-state index contributed by atoms with van der Waals surface area (Å²) >= 11 is 3.16. The molecule has 1 rings (SSSR count). The number of aliphatic imine (C=N–C) groups is 2. The van der Waals surface area contributed by atoms with E-state index in [-0.39, 0.29) is 12.2 Å². The van der Waals surface area contributed by atoms with E-state index in [2.05, 4.69) is 54.0 Å². The van der Waals surface area contributed by atoms with Crippen molar-refractivity contribution in [3.63, 3.8) is 0 Å². The van der Waals surface area contributed by atoms with Gasteiger partial charge in [-0.2, -0.15) is 9.98 Å². The number of rotatable bonds is 5. The highest BCUT2D eigenvalue weighted by Gasteiger charge is 2.19. The van der Waals surface area contributed by atoms with Crippen molar-refractivity contribution in [3.8, 4) is 5.75 Å². The fourth-order valence-electron chi connectivity index (χ4n) is 1.46. The number of phenols is 1. The highest BCUT2D eigenvalue weighted by atomic mass is 79.9. The molecule has 1 aromatic rings. The number of hydrogen-bond donors (Lipinski definition) is 2. The Morgan fingerprint density at radius 3 is 2.79 bits per heavy atom. The number of nitrogens with zero attached hydrogens (tertiary/aromatic N) is 2. The molecule has 0 aliphatic heterocycles. The molecule has 0 bridgehead atoms. The van der Waals surface area contributed by atoms with Crippen LogP contribution in [0.15, 0.2) is 55.9 Å². The van der Waals surface area contributed by atoms with Gasteiger partial charge in [-0.05, 0) is 58.8 Å². The van der Waals surface area contributed by atoms with Crippen molar-refractivity contribution in [1.29, 1.82) is 0 Å². The summed E-state index contributed by atoms with van der Waals surface area (Å²) in [5.41, 5.74) is 6.75. The summed E-state index contributed by atoms with van der Waals surface area (Å²) < 4.78 is 0.470. The Morgan fingerprint density at radius 1 is 1.42 bits per heavy atom. The number of benzene rings is 1. The molecule has 7 heteroatoms. The van der Waals surface area contributed by atoms with Gasteiger partial charge in [0.05, 0.1) is 10.7 Å². The van der Waals surface area contributed by atoms with Crippen LogP contribution >= 0.6 is 15.9 Å². The van der Waals surface area contributed by atoms with Gasteiger partial charge in [-0.15, -0.1) is 0 Å². The zero-order valence-corrected chi connectivity index (χ0v) is 14.7. The van der Waals surface area contributed by atoms with Gasteiger partial charge in [0, 0.05) is 18.2 Å². The number of carbonyl (C=O) groups is 1. The van der Waals surface area contributed by atoms with Gasteiger partial charge in [0.25, 0.3) is 5.91 Å². The van der Waals surface area contributed by atoms with Gasteiger partial charge in [0.15, 0.2) is 6.10 Å². The van der Waals surface area contributed by atoms with Crippen LogP contribution < -0.4 is 0 Å². The van der Waals surface area contributed by atoms with Gasteiger partial charge in [-0.1, -0.05) is 11.8 Å². The molecule has 0 aliphatic rings. The molecule has 1 amide bonds. The Balaban J connectivity index is 2.81. The smallest absolute Gasteiger partial charge is 0.287 e. The predicted octanol–water partition coefficient (Wildman–Crippen LogP) is 3.21. The van der Waals surface area contributed by atoms with Crippen LogP contribution in [0.25, 0.3) is 0 Å². The lowest BCUT2D eigenvalue weighted by molar-refractivity contribution is -0.270. The Labute approximate surface area is 147 Å². The minimum absolute atomic E-state index is 0.0698. The quantitative estimate of drug-likeness (QED) is 0.349. The zero-order chi connectivity index (χ0) is 17.9. The Morgan fingerprint density at radius 2 is 2.17 bits per heavy atom. The van der Waals surface area contributed by atoms with Gasteiger partial charge in [-0.3, -0.25) is 10.1 Å². The maximum Gasteiger partial charge on any atom is 0.287 e. The van der Waals surface area contributed by atoms with Crippen LogP contribution in [0, 0.1) is 0 Å².